The van der Waals surface area contributed by atoms with Gasteiger partial charge in [0.15, 0.2) is 11.3 Å². The molecule has 1 fully saturated rings. The van der Waals surface area contributed by atoms with Crippen LogP contribution in [0.2, 0.25) is 0 Å². The zero-order valence-electron chi connectivity index (χ0n) is 11.1. The maximum absolute atomic E-state index is 12.3. The van der Waals surface area contributed by atoms with E-state index in [0.717, 1.165) is 4.90 Å². The first-order valence-electron chi connectivity index (χ1n) is 6.07. The van der Waals surface area contributed by atoms with Crippen molar-refractivity contribution in [2.24, 2.45) is 5.92 Å². The van der Waals surface area contributed by atoms with Gasteiger partial charge in [0, 0.05) is 5.92 Å². The van der Waals surface area contributed by atoms with Gasteiger partial charge in [-0.2, -0.15) is 0 Å². The molecule has 102 valence electrons. The summed E-state index contributed by atoms with van der Waals surface area (Å²) in [5.74, 6) is -0.505. The average Bonchev–Trinajstić information content (AvgIpc) is 2.93. The van der Waals surface area contributed by atoms with Gasteiger partial charge in [-0.25, -0.2) is 4.79 Å². The van der Waals surface area contributed by atoms with Crippen LogP contribution in [0.1, 0.15) is 26.5 Å². The Morgan fingerprint density at radius 3 is 2.68 bits per heavy atom. The number of urea groups is 1. The summed E-state index contributed by atoms with van der Waals surface area (Å²) in [5.41, 5.74) is -1.24. The van der Waals surface area contributed by atoms with Crippen molar-refractivity contribution in [1.29, 1.82) is 0 Å². The highest BCUT2D eigenvalue weighted by atomic mass is 16.3. The summed E-state index contributed by atoms with van der Waals surface area (Å²) in [6.07, 6.45) is 1.43. The van der Waals surface area contributed by atoms with Crippen molar-refractivity contribution in [2.75, 3.05) is 6.54 Å². The Morgan fingerprint density at radius 1 is 1.47 bits per heavy atom. The molecule has 1 N–H and O–H groups in total. The Labute approximate surface area is 110 Å². The first-order valence-corrected chi connectivity index (χ1v) is 6.07. The number of rotatable bonds is 4. The highest BCUT2D eigenvalue weighted by Crippen LogP contribution is 2.29. The number of Topliss-reactive ketones (excluding diaryl/α,β-unsaturated/α-hetero) is 1. The summed E-state index contributed by atoms with van der Waals surface area (Å²) in [6, 6.07) is 2.69. The molecule has 0 aliphatic carbocycles. The molecule has 3 amide bonds. The molecule has 19 heavy (non-hydrogen) atoms. The standard InChI is InChI=1S/C13H16N2O4/c1-8(2)9(16)7-15-11(17)13(3,14-12(15)18)10-5-4-6-19-10/h4-6,8H,7H2,1-3H3,(H,14,18). The lowest BCUT2D eigenvalue weighted by Gasteiger charge is -2.19. The summed E-state index contributed by atoms with van der Waals surface area (Å²) in [5, 5.41) is 2.57. The highest BCUT2D eigenvalue weighted by molar-refractivity contribution is 6.09. The van der Waals surface area contributed by atoms with E-state index < -0.39 is 17.5 Å². The topological polar surface area (TPSA) is 79.6 Å². The summed E-state index contributed by atoms with van der Waals surface area (Å²) < 4.78 is 5.19. The molecule has 1 unspecified atom stereocenters. The predicted octanol–water partition coefficient (Wildman–Crippen LogP) is 1.27. The number of furan rings is 1. The maximum Gasteiger partial charge on any atom is 0.325 e. The largest absolute Gasteiger partial charge is 0.466 e. The molecule has 0 bridgehead atoms. The van der Waals surface area contributed by atoms with Crippen molar-refractivity contribution < 1.29 is 18.8 Å². The van der Waals surface area contributed by atoms with Gasteiger partial charge in [0.05, 0.1) is 12.8 Å². The second-order valence-corrected chi connectivity index (χ2v) is 5.04. The van der Waals surface area contributed by atoms with E-state index in [-0.39, 0.29) is 18.2 Å². The van der Waals surface area contributed by atoms with Gasteiger partial charge in [0.25, 0.3) is 5.91 Å². The highest BCUT2D eigenvalue weighted by Gasteiger charge is 2.51. The minimum Gasteiger partial charge on any atom is -0.466 e. The number of hydrogen-bond acceptors (Lipinski definition) is 4. The zero-order chi connectivity index (χ0) is 14.2. The maximum atomic E-state index is 12.3. The molecule has 0 radical (unpaired) electrons. The zero-order valence-corrected chi connectivity index (χ0v) is 11.1. The van der Waals surface area contributed by atoms with E-state index in [0.29, 0.717) is 5.76 Å². The Hall–Kier alpha value is -2.11. The number of carbonyl (C=O) groups excluding carboxylic acids is 3. The molecule has 2 rings (SSSR count). The molecule has 1 atom stereocenters. The van der Waals surface area contributed by atoms with Gasteiger partial charge >= 0.3 is 6.03 Å². The van der Waals surface area contributed by atoms with Crippen LogP contribution in [0.3, 0.4) is 0 Å². The van der Waals surface area contributed by atoms with E-state index in [1.165, 1.54) is 6.26 Å². The van der Waals surface area contributed by atoms with Crippen LogP contribution in [0, 0.1) is 5.92 Å². The van der Waals surface area contributed by atoms with Gasteiger partial charge < -0.3 is 9.73 Å². The van der Waals surface area contributed by atoms with Gasteiger partial charge in [-0.1, -0.05) is 13.8 Å². The predicted molar refractivity (Wildman–Crippen MR) is 66.1 cm³/mol. The molecule has 1 aliphatic heterocycles. The third-order valence-electron chi connectivity index (χ3n) is 3.25. The van der Waals surface area contributed by atoms with Crippen LogP contribution in [0.15, 0.2) is 22.8 Å². The van der Waals surface area contributed by atoms with Crippen LogP contribution < -0.4 is 5.32 Å². The van der Waals surface area contributed by atoms with E-state index in [4.69, 9.17) is 4.42 Å². The van der Waals surface area contributed by atoms with Crippen LogP contribution in [-0.4, -0.2) is 29.2 Å². The Kier molecular flexibility index (Phi) is 3.18. The van der Waals surface area contributed by atoms with Crippen molar-refractivity contribution in [3.8, 4) is 0 Å². The summed E-state index contributed by atoms with van der Waals surface area (Å²) in [7, 11) is 0. The SMILES string of the molecule is CC(C)C(=O)CN1C(=O)NC(C)(c2ccco2)C1=O. The molecule has 0 saturated carbocycles. The quantitative estimate of drug-likeness (QED) is 0.830. The number of nitrogens with one attached hydrogen (secondary N) is 1. The van der Waals surface area contributed by atoms with Crippen LogP contribution in [-0.2, 0) is 15.1 Å². The minimum absolute atomic E-state index is 0.160. The number of nitrogens with zero attached hydrogens (tertiary/aromatic N) is 1. The number of amides is 3. The van der Waals surface area contributed by atoms with E-state index >= 15 is 0 Å². The van der Waals surface area contributed by atoms with Gasteiger partial charge in [-0.15, -0.1) is 0 Å². The molecule has 1 aliphatic rings. The van der Waals surface area contributed by atoms with E-state index in [1.54, 1.807) is 32.9 Å². The van der Waals surface area contributed by atoms with Gasteiger partial charge in [0.2, 0.25) is 0 Å². The monoisotopic (exact) mass is 264 g/mol. The van der Waals surface area contributed by atoms with Gasteiger partial charge in [-0.05, 0) is 19.1 Å². The van der Waals surface area contributed by atoms with Gasteiger partial charge in [0.1, 0.15) is 5.76 Å². The third-order valence-corrected chi connectivity index (χ3v) is 3.25. The van der Waals surface area contributed by atoms with Crippen LogP contribution in [0.25, 0.3) is 0 Å². The number of carbonyl (C=O) groups is 3. The van der Waals surface area contributed by atoms with Crippen LogP contribution in [0.5, 0.6) is 0 Å². The lowest BCUT2D eigenvalue weighted by molar-refractivity contribution is -0.135. The lowest BCUT2D eigenvalue weighted by Crippen LogP contribution is -2.41. The molecule has 0 aromatic carbocycles. The smallest absolute Gasteiger partial charge is 0.325 e. The fourth-order valence-corrected chi connectivity index (χ4v) is 1.91. The molecule has 1 saturated heterocycles. The second kappa shape index (κ2) is 4.53. The molecule has 0 spiro atoms. The third kappa shape index (κ3) is 2.14. The number of imide groups is 1. The summed E-state index contributed by atoms with van der Waals surface area (Å²) in [4.78, 5) is 36.8. The fraction of sp³-hybridized carbons (Fsp3) is 0.462. The van der Waals surface area contributed by atoms with Crippen LogP contribution >= 0.6 is 0 Å². The van der Waals surface area contributed by atoms with E-state index in [2.05, 4.69) is 5.32 Å². The molecule has 1 aromatic rings. The summed E-state index contributed by atoms with van der Waals surface area (Å²) in [6.45, 7) is 4.81. The molecule has 6 nitrogen and oxygen atoms in total. The fourth-order valence-electron chi connectivity index (χ4n) is 1.91. The molecular weight excluding hydrogens is 248 g/mol. The van der Waals surface area contributed by atoms with Crippen molar-refractivity contribution >= 4 is 17.7 Å². The Morgan fingerprint density at radius 2 is 2.16 bits per heavy atom. The van der Waals surface area contributed by atoms with Crippen molar-refractivity contribution in [2.45, 2.75) is 26.3 Å². The number of ketones is 1. The van der Waals surface area contributed by atoms with Gasteiger partial charge in [-0.3, -0.25) is 14.5 Å². The second-order valence-electron chi connectivity index (χ2n) is 5.04. The average molecular weight is 264 g/mol. The lowest BCUT2D eigenvalue weighted by atomic mass is 9.99. The Bertz CT molecular complexity index is 521. The Balaban J connectivity index is 2.24. The molecule has 1 aromatic heterocycles. The first-order chi connectivity index (χ1) is 8.86. The van der Waals surface area contributed by atoms with Crippen molar-refractivity contribution in [3.05, 3.63) is 24.2 Å². The summed E-state index contributed by atoms with van der Waals surface area (Å²) >= 11 is 0. The normalized spacial score (nSPS) is 23.1. The van der Waals surface area contributed by atoms with Crippen molar-refractivity contribution in [3.63, 3.8) is 0 Å². The van der Waals surface area contributed by atoms with E-state index in [9.17, 15) is 14.4 Å². The molecule has 2 heterocycles. The minimum atomic E-state index is -1.24. The first kappa shape index (κ1) is 13.3. The molecular formula is C13H16N2O4. The van der Waals surface area contributed by atoms with E-state index in [1.807, 2.05) is 0 Å². The molecule has 6 heteroatoms. The number of hydrogen-bond donors (Lipinski definition) is 1. The van der Waals surface area contributed by atoms with Crippen molar-refractivity contribution in [1.82, 2.24) is 10.2 Å². The van der Waals surface area contributed by atoms with Crippen LogP contribution in [0.4, 0.5) is 4.79 Å².